The van der Waals surface area contributed by atoms with Gasteiger partial charge in [-0.05, 0) is 12.5 Å². The van der Waals surface area contributed by atoms with Gasteiger partial charge in [0.25, 0.3) is 5.91 Å². The van der Waals surface area contributed by atoms with Crippen molar-refractivity contribution in [1.82, 2.24) is 15.1 Å². The zero-order valence-electron chi connectivity index (χ0n) is 14.3. The van der Waals surface area contributed by atoms with E-state index in [0.29, 0.717) is 36.7 Å². The molecule has 1 aliphatic heterocycles. The lowest BCUT2D eigenvalue weighted by Gasteiger charge is -2.25. The third-order valence-corrected chi connectivity index (χ3v) is 3.95. The molecule has 1 aliphatic rings. The smallest absolute Gasteiger partial charge is 0.270 e. The van der Waals surface area contributed by atoms with Crippen molar-refractivity contribution in [3.8, 4) is 0 Å². The Morgan fingerprint density at radius 2 is 2.04 bits per heavy atom. The first kappa shape index (κ1) is 16.9. The molecule has 2 aromatic rings. The Hall–Kier alpha value is -2.96. The van der Waals surface area contributed by atoms with Gasteiger partial charge in [0.15, 0.2) is 0 Å². The molecule has 0 bridgehead atoms. The van der Waals surface area contributed by atoms with Gasteiger partial charge in [-0.1, -0.05) is 35.5 Å². The minimum Gasteiger partial charge on any atom is -0.361 e. The monoisotopic (exact) mass is 340 g/mol. The molecule has 2 heterocycles. The third kappa shape index (κ3) is 4.12. The molecule has 0 atom stereocenters. The van der Waals surface area contributed by atoms with Crippen LogP contribution in [0.3, 0.4) is 0 Å². The summed E-state index contributed by atoms with van der Waals surface area (Å²) in [6, 6.07) is 11.4. The molecule has 0 radical (unpaired) electrons. The summed E-state index contributed by atoms with van der Waals surface area (Å²) in [7, 11) is 1.69. The number of carbonyl (C=O) groups is 2. The highest BCUT2D eigenvalue weighted by molar-refractivity contribution is 6.39. The maximum absolute atomic E-state index is 12.6. The number of hydrogen-bond acceptors (Lipinski definition) is 5. The van der Waals surface area contributed by atoms with Crippen LogP contribution in [0.4, 0.5) is 0 Å². The van der Waals surface area contributed by atoms with Crippen LogP contribution >= 0.6 is 0 Å². The van der Waals surface area contributed by atoms with Gasteiger partial charge in [0, 0.05) is 26.0 Å². The maximum Gasteiger partial charge on any atom is 0.270 e. The van der Waals surface area contributed by atoms with Crippen LogP contribution in [-0.2, 0) is 22.7 Å². The molecule has 1 aromatic heterocycles. The molecule has 0 spiro atoms. The average Bonchev–Trinajstić information content (AvgIpc) is 3.02. The van der Waals surface area contributed by atoms with Crippen LogP contribution in [0.15, 0.2) is 46.0 Å². The molecule has 0 aliphatic carbocycles. The lowest BCUT2D eigenvalue weighted by Crippen LogP contribution is -2.39. The van der Waals surface area contributed by atoms with Gasteiger partial charge in [-0.2, -0.15) is 5.10 Å². The summed E-state index contributed by atoms with van der Waals surface area (Å²) >= 11 is 0. The van der Waals surface area contributed by atoms with E-state index in [9.17, 15) is 9.59 Å². The van der Waals surface area contributed by atoms with Crippen LogP contribution < -0.4 is 0 Å². The second-order valence-corrected chi connectivity index (χ2v) is 6.07. The van der Waals surface area contributed by atoms with Gasteiger partial charge < -0.3 is 9.42 Å². The van der Waals surface area contributed by atoms with Gasteiger partial charge in [-0.15, -0.1) is 0 Å². The molecule has 0 saturated carbocycles. The fraction of sp³-hybridized carbons (Fsp3) is 0.333. The molecule has 130 valence electrons. The van der Waals surface area contributed by atoms with Crippen molar-refractivity contribution in [1.29, 1.82) is 0 Å². The van der Waals surface area contributed by atoms with Crippen molar-refractivity contribution in [3.05, 3.63) is 53.4 Å². The lowest BCUT2D eigenvalue weighted by molar-refractivity contribution is -0.132. The van der Waals surface area contributed by atoms with Crippen LogP contribution in [0.25, 0.3) is 0 Å². The summed E-state index contributed by atoms with van der Waals surface area (Å²) in [5, 5.41) is 9.56. The number of hydrazone groups is 1. The Labute approximate surface area is 145 Å². The highest BCUT2D eigenvalue weighted by Gasteiger charge is 2.26. The van der Waals surface area contributed by atoms with E-state index in [-0.39, 0.29) is 18.2 Å². The minimum atomic E-state index is -0.203. The SMILES string of the molecule is Cc1cc(CN(C)C(=O)C2=NN(Cc3ccccc3)C(=O)CC2)no1. The normalized spacial score (nSPS) is 14.4. The Morgan fingerprint density at radius 1 is 1.28 bits per heavy atom. The molecule has 0 saturated heterocycles. The minimum absolute atomic E-state index is 0.0739. The molecule has 2 amide bonds. The third-order valence-electron chi connectivity index (χ3n) is 3.95. The number of amides is 2. The van der Waals surface area contributed by atoms with Gasteiger partial charge in [0.1, 0.15) is 17.2 Å². The number of nitrogens with zero attached hydrogens (tertiary/aromatic N) is 4. The van der Waals surface area contributed by atoms with Crippen LogP contribution in [0, 0.1) is 6.92 Å². The van der Waals surface area contributed by atoms with E-state index in [4.69, 9.17) is 4.52 Å². The summed E-state index contributed by atoms with van der Waals surface area (Å²) in [4.78, 5) is 26.2. The van der Waals surface area contributed by atoms with Crippen molar-refractivity contribution in [2.75, 3.05) is 7.05 Å². The molecule has 25 heavy (non-hydrogen) atoms. The summed E-state index contributed by atoms with van der Waals surface area (Å²) in [5.41, 5.74) is 2.04. The highest BCUT2D eigenvalue weighted by Crippen LogP contribution is 2.15. The lowest BCUT2D eigenvalue weighted by atomic mass is 10.1. The number of hydrogen-bond donors (Lipinski definition) is 0. The van der Waals surface area contributed by atoms with Crippen LogP contribution in [-0.4, -0.2) is 39.6 Å². The molecule has 7 nitrogen and oxygen atoms in total. The fourth-order valence-corrected chi connectivity index (χ4v) is 2.66. The van der Waals surface area contributed by atoms with Gasteiger partial charge in [0.05, 0.1) is 13.1 Å². The van der Waals surface area contributed by atoms with E-state index in [1.807, 2.05) is 30.3 Å². The first-order chi connectivity index (χ1) is 12.0. The number of rotatable bonds is 5. The second-order valence-electron chi connectivity index (χ2n) is 6.07. The fourth-order valence-electron chi connectivity index (χ4n) is 2.66. The Morgan fingerprint density at radius 3 is 2.72 bits per heavy atom. The van der Waals surface area contributed by atoms with Crippen molar-refractivity contribution in [3.63, 3.8) is 0 Å². The quantitative estimate of drug-likeness (QED) is 0.835. The average molecular weight is 340 g/mol. The summed E-state index contributed by atoms with van der Waals surface area (Å²) < 4.78 is 5.02. The van der Waals surface area contributed by atoms with Gasteiger partial charge in [-0.3, -0.25) is 9.59 Å². The van der Waals surface area contributed by atoms with E-state index < -0.39 is 0 Å². The molecule has 7 heteroatoms. The molecule has 0 unspecified atom stereocenters. The molecule has 0 N–H and O–H groups in total. The van der Waals surface area contributed by atoms with E-state index in [1.54, 1.807) is 20.0 Å². The standard InChI is InChI=1S/C18H20N4O3/c1-13-10-15(20-25-13)12-21(2)18(24)16-8-9-17(23)22(19-16)11-14-6-4-3-5-7-14/h3-7,10H,8-9,11-12H2,1-2H3. The Bertz CT molecular complexity index is 798. The number of aryl methyl sites for hydroxylation is 1. The first-order valence-corrected chi connectivity index (χ1v) is 8.12. The van der Waals surface area contributed by atoms with E-state index >= 15 is 0 Å². The molecule has 0 fully saturated rings. The Balaban J connectivity index is 1.70. The number of aromatic nitrogens is 1. The second kappa shape index (κ2) is 7.29. The first-order valence-electron chi connectivity index (χ1n) is 8.12. The Kier molecular flexibility index (Phi) is 4.92. The topological polar surface area (TPSA) is 79.0 Å². The number of carbonyl (C=O) groups excluding carboxylic acids is 2. The summed E-state index contributed by atoms with van der Waals surface area (Å²) in [6.07, 6.45) is 0.638. The van der Waals surface area contributed by atoms with E-state index in [2.05, 4.69) is 10.3 Å². The van der Waals surface area contributed by atoms with Crippen molar-refractivity contribution in [2.45, 2.75) is 32.9 Å². The zero-order valence-corrected chi connectivity index (χ0v) is 14.3. The van der Waals surface area contributed by atoms with Crippen LogP contribution in [0.2, 0.25) is 0 Å². The number of benzene rings is 1. The summed E-state index contributed by atoms with van der Waals surface area (Å²) in [6.45, 7) is 2.50. The zero-order chi connectivity index (χ0) is 17.8. The van der Waals surface area contributed by atoms with Gasteiger partial charge in [0.2, 0.25) is 5.91 Å². The van der Waals surface area contributed by atoms with Crippen molar-refractivity contribution in [2.24, 2.45) is 5.10 Å². The van der Waals surface area contributed by atoms with Crippen molar-refractivity contribution >= 4 is 17.5 Å². The van der Waals surface area contributed by atoms with Crippen molar-refractivity contribution < 1.29 is 14.1 Å². The van der Waals surface area contributed by atoms with Gasteiger partial charge >= 0.3 is 0 Å². The predicted octanol–water partition coefficient (Wildman–Crippen LogP) is 2.12. The molecular formula is C18H20N4O3. The van der Waals surface area contributed by atoms with E-state index in [0.717, 1.165) is 5.56 Å². The van der Waals surface area contributed by atoms with Crippen LogP contribution in [0.1, 0.15) is 29.9 Å². The highest BCUT2D eigenvalue weighted by atomic mass is 16.5. The largest absolute Gasteiger partial charge is 0.361 e. The van der Waals surface area contributed by atoms with Crippen LogP contribution in [0.5, 0.6) is 0 Å². The summed E-state index contributed by atoms with van der Waals surface area (Å²) in [5.74, 6) is 0.423. The predicted molar refractivity (Wildman–Crippen MR) is 91.4 cm³/mol. The molecule has 3 rings (SSSR count). The molecule has 1 aromatic carbocycles. The molecular weight excluding hydrogens is 320 g/mol. The maximum atomic E-state index is 12.6. The van der Waals surface area contributed by atoms with E-state index in [1.165, 1.54) is 9.91 Å². The van der Waals surface area contributed by atoms with Gasteiger partial charge in [-0.25, -0.2) is 5.01 Å².